The number of halogens is 1. The van der Waals surface area contributed by atoms with Crippen molar-refractivity contribution in [2.75, 3.05) is 20.1 Å². The molecular weight excluding hydrogens is 316 g/mol. The van der Waals surface area contributed by atoms with Crippen LogP contribution in [0.1, 0.15) is 12.8 Å². The van der Waals surface area contributed by atoms with Crippen LogP contribution in [-0.4, -0.2) is 39.5 Å². The van der Waals surface area contributed by atoms with Crippen LogP contribution >= 0.6 is 15.9 Å². The zero-order valence-corrected chi connectivity index (χ0v) is 12.7. The molecule has 1 aromatic carbocycles. The number of hydrogen-bond acceptors (Lipinski definition) is 3. The lowest BCUT2D eigenvalue weighted by molar-refractivity contribution is 0.248. The summed E-state index contributed by atoms with van der Waals surface area (Å²) >= 11 is 3.29. The van der Waals surface area contributed by atoms with Gasteiger partial charge < -0.3 is 4.90 Å². The number of likely N-dealkylation sites (tertiary alicyclic amines) is 1. The van der Waals surface area contributed by atoms with Crippen LogP contribution in [0.5, 0.6) is 0 Å². The summed E-state index contributed by atoms with van der Waals surface area (Å²) < 4.78 is 27.9. The molecule has 0 atom stereocenters. The van der Waals surface area contributed by atoms with Gasteiger partial charge in [-0.05, 0) is 51.2 Å². The van der Waals surface area contributed by atoms with Gasteiger partial charge in [0.15, 0.2) is 0 Å². The molecule has 0 amide bonds. The van der Waals surface area contributed by atoms with Crippen LogP contribution in [0.4, 0.5) is 0 Å². The van der Waals surface area contributed by atoms with Crippen LogP contribution < -0.4 is 4.72 Å². The molecular formula is C12H17BrN2O2S. The molecule has 0 saturated carbocycles. The minimum Gasteiger partial charge on any atom is -0.306 e. The second-order valence-corrected chi connectivity index (χ2v) is 7.29. The van der Waals surface area contributed by atoms with Crippen LogP contribution in [0.25, 0.3) is 0 Å². The fourth-order valence-corrected chi connectivity index (χ4v) is 3.95. The average molecular weight is 333 g/mol. The minimum atomic E-state index is -3.40. The molecule has 1 aromatic rings. The number of sulfonamides is 1. The molecule has 18 heavy (non-hydrogen) atoms. The van der Waals surface area contributed by atoms with Crippen LogP contribution in [0, 0.1) is 0 Å². The van der Waals surface area contributed by atoms with Crippen LogP contribution in [-0.2, 0) is 10.0 Å². The summed E-state index contributed by atoms with van der Waals surface area (Å²) in [5.41, 5.74) is 0. The van der Waals surface area contributed by atoms with E-state index < -0.39 is 10.0 Å². The van der Waals surface area contributed by atoms with E-state index in [1.165, 1.54) is 0 Å². The number of hydrogen-bond donors (Lipinski definition) is 1. The zero-order valence-electron chi connectivity index (χ0n) is 10.3. The van der Waals surface area contributed by atoms with Crippen molar-refractivity contribution in [3.05, 3.63) is 28.7 Å². The summed E-state index contributed by atoms with van der Waals surface area (Å²) in [7, 11) is -1.34. The number of benzene rings is 1. The van der Waals surface area contributed by atoms with E-state index in [4.69, 9.17) is 0 Å². The van der Waals surface area contributed by atoms with Gasteiger partial charge >= 0.3 is 0 Å². The molecule has 6 heteroatoms. The Kier molecular flexibility index (Phi) is 4.42. The molecule has 0 radical (unpaired) electrons. The molecule has 0 aliphatic carbocycles. The first-order valence-corrected chi connectivity index (χ1v) is 8.21. The SMILES string of the molecule is CN1CCC(NS(=O)(=O)c2cccc(Br)c2)CC1. The Balaban J connectivity index is 2.08. The molecule has 0 unspecified atom stereocenters. The average Bonchev–Trinajstić information content (AvgIpc) is 2.32. The van der Waals surface area contributed by atoms with E-state index in [-0.39, 0.29) is 6.04 Å². The van der Waals surface area contributed by atoms with E-state index in [0.717, 1.165) is 30.4 Å². The topological polar surface area (TPSA) is 49.4 Å². The summed E-state index contributed by atoms with van der Waals surface area (Å²) in [5, 5.41) is 0. The smallest absolute Gasteiger partial charge is 0.240 e. The molecule has 0 spiro atoms. The van der Waals surface area contributed by atoms with Crippen molar-refractivity contribution in [1.29, 1.82) is 0 Å². The maximum absolute atomic E-state index is 12.2. The lowest BCUT2D eigenvalue weighted by atomic mass is 10.1. The third-order valence-electron chi connectivity index (χ3n) is 3.15. The lowest BCUT2D eigenvalue weighted by Gasteiger charge is -2.29. The molecule has 100 valence electrons. The standard InChI is InChI=1S/C12H17BrN2O2S/c1-15-7-5-11(6-8-15)14-18(16,17)12-4-2-3-10(13)9-12/h2-4,9,11,14H,5-8H2,1H3. The quantitative estimate of drug-likeness (QED) is 0.918. The largest absolute Gasteiger partial charge is 0.306 e. The normalized spacial score (nSPS) is 19.0. The highest BCUT2D eigenvalue weighted by atomic mass is 79.9. The molecule has 1 fully saturated rings. The highest BCUT2D eigenvalue weighted by Crippen LogP contribution is 2.18. The highest BCUT2D eigenvalue weighted by Gasteiger charge is 2.23. The molecule has 1 N–H and O–H groups in total. The fourth-order valence-electron chi connectivity index (χ4n) is 2.05. The third-order valence-corrected chi connectivity index (χ3v) is 5.16. The van der Waals surface area contributed by atoms with Crippen molar-refractivity contribution < 1.29 is 8.42 Å². The van der Waals surface area contributed by atoms with Gasteiger partial charge in [0, 0.05) is 10.5 Å². The van der Waals surface area contributed by atoms with E-state index >= 15 is 0 Å². The molecule has 1 heterocycles. The summed E-state index contributed by atoms with van der Waals surface area (Å²) in [6.07, 6.45) is 1.73. The molecule has 2 rings (SSSR count). The van der Waals surface area contributed by atoms with Gasteiger partial charge in [-0.15, -0.1) is 0 Å². The molecule has 1 aliphatic heterocycles. The van der Waals surface area contributed by atoms with Gasteiger partial charge in [-0.3, -0.25) is 0 Å². The summed E-state index contributed by atoms with van der Waals surface area (Å²) in [5.74, 6) is 0. The highest BCUT2D eigenvalue weighted by molar-refractivity contribution is 9.10. The zero-order chi connectivity index (χ0) is 13.2. The van der Waals surface area contributed by atoms with Crippen LogP contribution in [0.3, 0.4) is 0 Å². The van der Waals surface area contributed by atoms with E-state index in [9.17, 15) is 8.42 Å². The predicted octanol–water partition coefficient (Wildman–Crippen LogP) is 1.82. The van der Waals surface area contributed by atoms with Gasteiger partial charge in [0.25, 0.3) is 0 Å². The van der Waals surface area contributed by atoms with Crippen LogP contribution in [0.15, 0.2) is 33.6 Å². The number of rotatable bonds is 3. The maximum atomic E-state index is 12.2. The van der Waals surface area contributed by atoms with Gasteiger partial charge in [0.1, 0.15) is 0 Å². The molecule has 1 saturated heterocycles. The Labute approximate surface area is 117 Å². The Morgan fingerprint density at radius 3 is 2.61 bits per heavy atom. The van der Waals surface area contributed by atoms with Gasteiger partial charge in [0.05, 0.1) is 4.90 Å². The Morgan fingerprint density at radius 1 is 1.33 bits per heavy atom. The summed E-state index contributed by atoms with van der Waals surface area (Å²) in [6, 6.07) is 6.83. The number of nitrogens with zero attached hydrogens (tertiary/aromatic N) is 1. The first-order valence-electron chi connectivity index (χ1n) is 5.94. The molecule has 1 aliphatic rings. The van der Waals surface area contributed by atoms with E-state index in [1.807, 2.05) is 6.07 Å². The van der Waals surface area contributed by atoms with Gasteiger partial charge in [-0.1, -0.05) is 22.0 Å². The molecule has 0 bridgehead atoms. The number of nitrogens with one attached hydrogen (secondary N) is 1. The third kappa shape index (κ3) is 3.54. The molecule has 0 aromatic heterocycles. The number of piperidine rings is 1. The van der Waals surface area contributed by atoms with Crippen LogP contribution in [0.2, 0.25) is 0 Å². The maximum Gasteiger partial charge on any atom is 0.240 e. The predicted molar refractivity (Wildman–Crippen MR) is 75.0 cm³/mol. The second kappa shape index (κ2) is 5.69. The second-order valence-electron chi connectivity index (χ2n) is 4.66. The van der Waals surface area contributed by atoms with E-state index in [1.54, 1.807) is 18.2 Å². The summed E-state index contributed by atoms with van der Waals surface area (Å²) in [4.78, 5) is 2.53. The van der Waals surface area contributed by atoms with Crippen molar-refractivity contribution >= 4 is 26.0 Å². The minimum absolute atomic E-state index is 0.0465. The first-order chi connectivity index (χ1) is 8.47. The van der Waals surface area contributed by atoms with Crippen molar-refractivity contribution in [1.82, 2.24) is 9.62 Å². The Morgan fingerprint density at radius 2 is 2.00 bits per heavy atom. The Bertz CT molecular complexity index is 511. The van der Waals surface area contributed by atoms with Crippen molar-refractivity contribution in [3.63, 3.8) is 0 Å². The lowest BCUT2D eigenvalue weighted by Crippen LogP contribution is -2.43. The molecule has 4 nitrogen and oxygen atoms in total. The van der Waals surface area contributed by atoms with Gasteiger partial charge in [-0.25, -0.2) is 13.1 Å². The summed E-state index contributed by atoms with van der Waals surface area (Å²) in [6.45, 7) is 1.87. The fraction of sp³-hybridized carbons (Fsp3) is 0.500. The van der Waals surface area contributed by atoms with Crippen molar-refractivity contribution in [3.8, 4) is 0 Å². The Hall–Kier alpha value is -0.430. The van der Waals surface area contributed by atoms with E-state index in [0.29, 0.717) is 4.90 Å². The van der Waals surface area contributed by atoms with Gasteiger partial charge in [-0.2, -0.15) is 0 Å². The first kappa shape index (κ1) is 14.0. The van der Waals surface area contributed by atoms with Gasteiger partial charge in [0.2, 0.25) is 10.0 Å². The van der Waals surface area contributed by atoms with Crippen molar-refractivity contribution in [2.45, 2.75) is 23.8 Å². The van der Waals surface area contributed by atoms with Crippen molar-refractivity contribution in [2.24, 2.45) is 0 Å². The monoisotopic (exact) mass is 332 g/mol. The van der Waals surface area contributed by atoms with E-state index in [2.05, 4.69) is 32.6 Å².